The molecule has 0 radical (unpaired) electrons. The summed E-state index contributed by atoms with van der Waals surface area (Å²) in [6, 6.07) is 22.4. The molecule has 2 aromatic carbocycles. The van der Waals surface area contributed by atoms with Gasteiger partial charge in [-0.2, -0.15) is 0 Å². The molecule has 0 saturated carbocycles. The van der Waals surface area contributed by atoms with Gasteiger partial charge in [0, 0.05) is 12.5 Å². The van der Waals surface area contributed by atoms with Gasteiger partial charge in [-0.25, -0.2) is 4.79 Å². The average Bonchev–Trinajstić information content (AvgIpc) is 3.17. The molecule has 1 heterocycles. The van der Waals surface area contributed by atoms with Gasteiger partial charge in [-0.15, -0.1) is 11.3 Å². The zero-order valence-corrected chi connectivity index (χ0v) is 16.6. The van der Waals surface area contributed by atoms with E-state index in [1.807, 2.05) is 54.8 Å². The highest BCUT2D eigenvalue weighted by molar-refractivity contribution is 7.12. The summed E-state index contributed by atoms with van der Waals surface area (Å²) in [5.41, 5.74) is 3.29. The molecule has 0 spiro atoms. The Morgan fingerprint density at radius 3 is 2.11 bits per heavy atom. The zero-order chi connectivity index (χ0) is 19.8. The fourth-order valence-corrected chi connectivity index (χ4v) is 3.90. The van der Waals surface area contributed by atoms with Gasteiger partial charge in [-0.05, 0) is 41.5 Å². The van der Waals surface area contributed by atoms with Crippen LogP contribution in [0, 0.1) is 6.92 Å². The second kappa shape index (κ2) is 9.85. The first-order chi connectivity index (χ1) is 13.6. The van der Waals surface area contributed by atoms with Crippen molar-refractivity contribution in [2.24, 2.45) is 0 Å². The van der Waals surface area contributed by atoms with Crippen LogP contribution in [0.15, 0.2) is 72.1 Å². The average molecular weight is 394 g/mol. The maximum absolute atomic E-state index is 12.1. The van der Waals surface area contributed by atoms with E-state index < -0.39 is 5.97 Å². The second-order valence-corrected chi connectivity index (χ2v) is 7.44. The molecule has 4 nitrogen and oxygen atoms in total. The van der Waals surface area contributed by atoms with Crippen LogP contribution in [0.5, 0.6) is 0 Å². The van der Waals surface area contributed by atoms with Gasteiger partial charge in [-0.1, -0.05) is 60.7 Å². The van der Waals surface area contributed by atoms with Crippen molar-refractivity contribution < 1.29 is 14.3 Å². The number of esters is 1. The summed E-state index contributed by atoms with van der Waals surface area (Å²) >= 11 is 1.32. The Kier molecular flexibility index (Phi) is 6.98. The number of ether oxygens (including phenoxy) is 1. The molecule has 0 aliphatic carbocycles. The number of benzene rings is 2. The molecule has 3 aromatic rings. The summed E-state index contributed by atoms with van der Waals surface area (Å²) in [5.74, 6) is -0.546. The molecule has 0 unspecified atom stereocenters. The van der Waals surface area contributed by atoms with E-state index in [1.165, 1.54) is 22.5 Å². The van der Waals surface area contributed by atoms with Gasteiger partial charge in [0.2, 0.25) is 0 Å². The van der Waals surface area contributed by atoms with Crippen molar-refractivity contribution in [3.8, 4) is 0 Å². The Hall–Kier alpha value is -2.92. The molecule has 1 amide bonds. The number of nitrogens with one attached hydrogen (secondary N) is 1. The summed E-state index contributed by atoms with van der Waals surface area (Å²) < 4.78 is 5.12. The zero-order valence-electron chi connectivity index (χ0n) is 15.8. The standard InChI is InChI=1S/C23H23NO3S/c1-17-13-15-28-22(17)23(26)27-16-21(25)24-14-12-20(18-8-4-2-5-9-18)19-10-6-3-7-11-19/h2-11,13,15,20H,12,14,16H2,1H3,(H,24,25). The third kappa shape index (κ3) is 5.30. The molecule has 1 aromatic heterocycles. The summed E-state index contributed by atoms with van der Waals surface area (Å²) in [5, 5.41) is 4.69. The highest BCUT2D eigenvalue weighted by atomic mass is 32.1. The Labute approximate surface area is 169 Å². The van der Waals surface area contributed by atoms with Crippen molar-refractivity contribution in [1.29, 1.82) is 0 Å². The molecule has 0 aliphatic rings. The third-order valence-corrected chi connectivity index (χ3v) is 5.54. The Morgan fingerprint density at radius 2 is 1.57 bits per heavy atom. The molecule has 0 bridgehead atoms. The number of carbonyl (C=O) groups excluding carboxylic acids is 2. The molecule has 28 heavy (non-hydrogen) atoms. The lowest BCUT2D eigenvalue weighted by atomic mass is 9.88. The smallest absolute Gasteiger partial charge is 0.349 e. The molecule has 0 fully saturated rings. The van der Waals surface area contributed by atoms with Crippen LogP contribution in [0.2, 0.25) is 0 Å². The first-order valence-corrected chi connectivity index (χ1v) is 10.1. The number of carbonyl (C=O) groups is 2. The Bertz CT molecular complexity index is 866. The molecule has 0 aliphatic heterocycles. The minimum absolute atomic E-state index is 0.194. The van der Waals surface area contributed by atoms with Gasteiger partial charge in [0.1, 0.15) is 4.88 Å². The van der Waals surface area contributed by atoms with Crippen molar-refractivity contribution >= 4 is 23.2 Å². The van der Waals surface area contributed by atoms with Gasteiger partial charge in [0.25, 0.3) is 5.91 Å². The molecule has 3 rings (SSSR count). The first kappa shape index (κ1) is 19.8. The van der Waals surface area contributed by atoms with Crippen LogP contribution in [-0.4, -0.2) is 25.0 Å². The van der Waals surface area contributed by atoms with Crippen molar-refractivity contribution in [1.82, 2.24) is 5.32 Å². The summed E-state index contributed by atoms with van der Waals surface area (Å²) in [4.78, 5) is 24.6. The van der Waals surface area contributed by atoms with Crippen LogP contribution >= 0.6 is 11.3 Å². The first-order valence-electron chi connectivity index (χ1n) is 9.23. The molecular formula is C23H23NO3S. The van der Waals surface area contributed by atoms with Crippen LogP contribution in [-0.2, 0) is 9.53 Å². The van der Waals surface area contributed by atoms with E-state index in [0.29, 0.717) is 11.4 Å². The number of hydrogen-bond acceptors (Lipinski definition) is 4. The van der Waals surface area contributed by atoms with E-state index in [9.17, 15) is 9.59 Å². The van der Waals surface area contributed by atoms with Gasteiger partial charge < -0.3 is 10.1 Å². The van der Waals surface area contributed by atoms with Gasteiger partial charge in [0.05, 0.1) is 0 Å². The topological polar surface area (TPSA) is 55.4 Å². The SMILES string of the molecule is Cc1ccsc1C(=O)OCC(=O)NCCC(c1ccccc1)c1ccccc1. The number of rotatable bonds is 8. The minimum atomic E-state index is -0.450. The van der Waals surface area contributed by atoms with Crippen molar-refractivity contribution in [2.75, 3.05) is 13.2 Å². The number of thiophene rings is 1. The van der Waals surface area contributed by atoms with E-state index in [2.05, 4.69) is 29.6 Å². The number of aryl methyl sites for hydroxylation is 1. The van der Waals surface area contributed by atoms with E-state index >= 15 is 0 Å². The van der Waals surface area contributed by atoms with E-state index in [0.717, 1.165) is 12.0 Å². The van der Waals surface area contributed by atoms with Crippen LogP contribution in [0.1, 0.15) is 38.7 Å². The lowest BCUT2D eigenvalue weighted by Gasteiger charge is -2.18. The predicted molar refractivity (Wildman–Crippen MR) is 112 cm³/mol. The van der Waals surface area contributed by atoms with Crippen molar-refractivity contribution in [3.63, 3.8) is 0 Å². The van der Waals surface area contributed by atoms with Crippen LogP contribution < -0.4 is 5.32 Å². The number of amides is 1. The third-order valence-electron chi connectivity index (χ3n) is 4.54. The molecule has 0 saturated heterocycles. The van der Waals surface area contributed by atoms with Gasteiger partial charge >= 0.3 is 5.97 Å². The van der Waals surface area contributed by atoms with Crippen molar-refractivity contribution in [3.05, 3.63) is 93.7 Å². The van der Waals surface area contributed by atoms with Crippen LogP contribution in [0.4, 0.5) is 0 Å². The maximum Gasteiger partial charge on any atom is 0.349 e. The van der Waals surface area contributed by atoms with Gasteiger partial charge in [-0.3, -0.25) is 4.79 Å². The maximum atomic E-state index is 12.1. The summed E-state index contributed by atoms with van der Waals surface area (Å²) in [6.45, 7) is 2.08. The molecule has 144 valence electrons. The number of hydrogen-bond donors (Lipinski definition) is 1. The quantitative estimate of drug-likeness (QED) is 0.571. The largest absolute Gasteiger partial charge is 0.451 e. The fraction of sp³-hybridized carbons (Fsp3) is 0.217. The minimum Gasteiger partial charge on any atom is -0.451 e. The molecular weight excluding hydrogens is 370 g/mol. The molecule has 1 N–H and O–H groups in total. The van der Waals surface area contributed by atoms with Crippen LogP contribution in [0.25, 0.3) is 0 Å². The summed E-state index contributed by atoms with van der Waals surface area (Å²) in [6.07, 6.45) is 0.762. The predicted octanol–water partition coefficient (Wildman–Crippen LogP) is 4.55. The molecule has 5 heteroatoms. The van der Waals surface area contributed by atoms with E-state index in [4.69, 9.17) is 4.74 Å². The highest BCUT2D eigenvalue weighted by Gasteiger charge is 2.16. The lowest BCUT2D eigenvalue weighted by Crippen LogP contribution is -2.30. The Morgan fingerprint density at radius 1 is 0.964 bits per heavy atom. The normalized spacial score (nSPS) is 10.6. The lowest BCUT2D eigenvalue weighted by molar-refractivity contribution is -0.124. The van der Waals surface area contributed by atoms with E-state index in [-0.39, 0.29) is 18.4 Å². The van der Waals surface area contributed by atoms with Crippen molar-refractivity contribution in [2.45, 2.75) is 19.3 Å². The van der Waals surface area contributed by atoms with Crippen LogP contribution in [0.3, 0.4) is 0 Å². The fourth-order valence-electron chi connectivity index (χ4n) is 3.08. The summed E-state index contributed by atoms with van der Waals surface area (Å²) in [7, 11) is 0. The van der Waals surface area contributed by atoms with E-state index in [1.54, 1.807) is 0 Å². The second-order valence-electron chi connectivity index (χ2n) is 6.52. The Balaban J connectivity index is 1.52. The molecule has 0 atom stereocenters. The van der Waals surface area contributed by atoms with Gasteiger partial charge in [0.15, 0.2) is 6.61 Å². The highest BCUT2D eigenvalue weighted by Crippen LogP contribution is 2.27. The monoisotopic (exact) mass is 393 g/mol.